The Bertz CT molecular complexity index is 1390. The first-order chi connectivity index (χ1) is 16.4. The van der Waals surface area contributed by atoms with Gasteiger partial charge in [0.15, 0.2) is 0 Å². The van der Waals surface area contributed by atoms with Gasteiger partial charge in [0.05, 0.1) is 23.7 Å². The van der Waals surface area contributed by atoms with Crippen LogP contribution in [0, 0.1) is 0 Å². The Morgan fingerprint density at radius 3 is 2.50 bits per heavy atom. The molecule has 0 aliphatic carbocycles. The molecule has 7 heteroatoms. The quantitative estimate of drug-likeness (QED) is 0.321. The Labute approximate surface area is 203 Å². The first-order valence-electron chi connectivity index (χ1n) is 11.2. The molecule has 4 rings (SSSR count). The van der Waals surface area contributed by atoms with E-state index in [1.54, 1.807) is 25.3 Å². The molecule has 1 aromatic heterocycles. The summed E-state index contributed by atoms with van der Waals surface area (Å²) in [5.41, 5.74) is 3.47. The van der Waals surface area contributed by atoms with E-state index in [-0.39, 0.29) is 5.75 Å². The van der Waals surface area contributed by atoms with Gasteiger partial charge >= 0.3 is 0 Å². The second kappa shape index (κ2) is 10.2. The number of hydrogen-bond acceptors (Lipinski definition) is 5. The average molecular weight is 478 g/mol. The molecule has 0 amide bonds. The lowest BCUT2D eigenvalue weighted by Crippen LogP contribution is -2.22. The smallest absolute Gasteiger partial charge is 0.128 e. The van der Waals surface area contributed by atoms with Crippen molar-refractivity contribution in [1.29, 1.82) is 0 Å². The highest BCUT2D eigenvalue weighted by atomic mass is 35.5. The van der Waals surface area contributed by atoms with E-state index in [1.165, 1.54) is 6.20 Å². The summed E-state index contributed by atoms with van der Waals surface area (Å²) in [6, 6.07) is 18.4. The average Bonchev–Trinajstić information content (AvgIpc) is 2.85. The Kier molecular flexibility index (Phi) is 7.10. The lowest BCUT2D eigenvalue weighted by atomic mass is 9.99. The van der Waals surface area contributed by atoms with Gasteiger partial charge in [0.1, 0.15) is 11.5 Å². The van der Waals surface area contributed by atoms with Gasteiger partial charge in [-0.05, 0) is 55.6 Å². The molecule has 1 heterocycles. The molecule has 176 valence electrons. The van der Waals surface area contributed by atoms with E-state index < -0.39 is 0 Å². The van der Waals surface area contributed by atoms with E-state index in [9.17, 15) is 10.3 Å². The van der Waals surface area contributed by atoms with Crippen molar-refractivity contribution in [3.63, 3.8) is 0 Å². The van der Waals surface area contributed by atoms with E-state index in [0.717, 1.165) is 34.3 Å². The van der Waals surface area contributed by atoms with Crippen molar-refractivity contribution in [3.05, 3.63) is 82.8 Å². The summed E-state index contributed by atoms with van der Waals surface area (Å²) in [6.45, 7) is 6.51. The summed E-state index contributed by atoms with van der Waals surface area (Å²) in [7, 11) is 1.62. The number of phenolic OH excluding ortho intramolecular Hbond substituents is 1. The van der Waals surface area contributed by atoms with E-state index in [1.807, 2.05) is 42.5 Å². The van der Waals surface area contributed by atoms with Crippen LogP contribution in [0.25, 0.3) is 22.0 Å². The topological polar surface area (TPSA) is 70.2 Å². The van der Waals surface area contributed by atoms with Crippen LogP contribution in [0.5, 0.6) is 11.5 Å². The molecule has 4 aromatic rings. The van der Waals surface area contributed by atoms with Crippen LogP contribution in [0.1, 0.15) is 19.4 Å². The van der Waals surface area contributed by atoms with E-state index in [4.69, 9.17) is 21.3 Å². The summed E-state index contributed by atoms with van der Waals surface area (Å²) in [5, 5.41) is 23.5. The minimum absolute atomic E-state index is 0.216. The van der Waals surface area contributed by atoms with Crippen LogP contribution in [-0.2, 0) is 6.54 Å². The second-order valence-electron chi connectivity index (χ2n) is 7.98. The van der Waals surface area contributed by atoms with Crippen LogP contribution in [0.4, 0.5) is 5.69 Å². The third-order valence-corrected chi connectivity index (χ3v) is 6.20. The van der Waals surface area contributed by atoms with Crippen molar-refractivity contribution in [2.24, 2.45) is 4.99 Å². The minimum atomic E-state index is 0.216. The summed E-state index contributed by atoms with van der Waals surface area (Å²) in [5.74, 6) is 0.887. The molecule has 0 fully saturated rings. The van der Waals surface area contributed by atoms with E-state index in [2.05, 4.69) is 18.7 Å². The number of para-hydroxylation sites is 1. The SMILES string of the molecule is CCN(CC)Cc1cc(N=c2ccn(O)c3cc(Cl)ccc23)cc(-c2ccccc2OC)c1O. The summed E-state index contributed by atoms with van der Waals surface area (Å²) in [4.78, 5) is 7.14. The maximum absolute atomic E-state index is 11.3. The maximum atomic E-state index is 11.3. The predicted molar refractivity (Wildman–Crippen MR) is 136 cm³/mol. The van der Waals surface area contributed by atoms with Gasteiger partial charge < -0.3 is 15.1 Å². The fourth-order valence-electron chi connectivity index (χ4n) is 4.08. The number of nitrogens with zero attached hydrogens (tertiary/aromatic N) is 3. The number of benzene rings is 3. The molecule has 0 spiro atoms. The van der Waals surface area contributed by atoms with Gasteiger partial charge in [-0.1, -0.05) is 43.6 Å². The molecule has 0 bridgehead atoms. The number of pyridine rings is 1. The van der Waals surface area contributed by atoms with Gasteiger partial charge in [0, 0.05) is 39.8 Å². The van der Waals surface area contributed by atoms with Crippen LogP contribution in [0.3, 0.4) is 0 Å². The predicted octanol–water partition coefficient (Wildman–Crippen LogP) is 5.99. The monoisotopic (exact) mass is 477 g/mol. The Morgan fingerprint density at radius 2 is 1.76 bits per heavy atom. The molecule has 0 saturated carbocycles. The number of aromatic nitrogens is 1. The fraction of sp³-hybridized carbons (Fsp3) is 0.222. The van der Waals surface area contributed by atoms with Gasteiger partial charge in [0.25, 0.3) is 0 Å². The van der Waals surface area contributed by atoms with Crippen molar-refractivity contribution in [2.75, 3.05) is 20.2 Å². The van der Waals surface area contributed by atoms with Crippen LogP contribution in [0.2, 0.25) is 5.02 Å². The number of halogens is 1. The van der Waals surface area contributed by atoms with Crippen molar-refractivity contribution in [1.82, 2.24) is 9.63 Å². The number of aromatic hydroxyl groups is 1. The number of rotatable bonds is 7. The Morgan fingerprint density at radius 1 is 1.00 bits per heavy atom. The standard InChI is InChI=1S/C27H28ClN3O3/c1-4-30(5-2)17-18-14-20(16-23(27(18)32)21-8-6-7-9-26(21)34-3)29-24-12-13-31(33)25-15-19(28)10-11-22(24)25/h6-16,32-33H,4-5,17H2,1-3H3. The van der Waals surface area contributed by atoms with Gasteiger partial charge in [0.2, 0.25) is 0 Å². The van der Waals surface area contributed by atoms with Crippen LogP contribution >= 0.6 is 11.6 Å². The van der Waals surface area contributed by atoms with Gasteiger partial charge in [-0.2, -0.15) is 4.73 Å². The van der Waals surface area contributed by atoms with Crippen LogP contribution in [0.15, 0.2) is 71.9 Å². The van der Waals surface area contributed by atoms with E-state index >= 15 is 0 Å². The second-order valence-corrected chi connectivity index (χ2v) is 8.42. The molecular weight excluding hydrogens is 450 g/mol. The summed E-state index contributed by atoms with van der Waals surface area (Å²) < 4.78 is 6.59. The number of phenols is 1. The number of methoxy groups -OCH3 is 1. The van der Waals surface area contributed by atoms with Crippen LogP contribution < -0.4 is 10.1 Å². The van der Waals surface area contributed by atoms with Crippen molar-refractivity contribution in [2.45, 2.75) is 20.4 Å². The molecule has 2 N–H and O–H groups in total. The first-order valence-corrected chi connectivity index (χ1v) is 11.6. The molecule has 0 radical (unpaired) electrons. The lowest BCUT2D eigenvalue weighted by molar-refractivity contribution is 0.198. The third-order valence-electron chi connectivity index (χ3n) is 5.96. The highest BCUT2D eigenvalue weighted by molar-refractivity contribution is 6.31. The molecular formula is C27H28ClN3O3. The zero-order chi connectivity index (χ0) is 24.2. The number of fused-ring (bicyclic) bond motifs is 1. The third kappa shape index (κ3) is 4.74. The normalized spacial score (nSPS) is 12.0. The fourth-order valence-corrected chi connectivity index (χ4v) is 4.25. The maximum Gasteiger partial charge on any atom is 0.128 e. The largest absolute Gasteiger partial charge is 0.507 e. The van der Waals surface area contributed by atoms with Crippen molar-refractivity contribution in [3.8, 4) is 22.6 Å². The summed E-state index contributed by atoms with van der Waals surface area (Å²) >= 11 is 6.14. The molecule has 0 aliphatic rings. The van der Waals surface area contributed by atoms with Crippen LogP contribution in [-0.4, -0.2) is 40.1 Å². The number of hydrogen-bond donors (Lipinski definition) is 2. The van der Waals surface area contributed by atoms with Crippen molar-refractivity contribution >= 4 is 28.2 Å². The highest BCUT2D eigenvalue weighted by Gasteiger charge is 2.16. The highest BCUT2D eigenvalue weighted by Crippen LogP contribution is 2.40. The molecule has 34 heavy (non-hydrogen) atoms. The van der Waals surface area contributed by atoms with E-state index in [0.29, 0.717) is 39.4 Å². The molecule has 0 atom stereocenters. The Balaban J connectivity index is 1.96. The lowest BCUT2D eigenvalue weighted by Gasteiger charge is -2.21. The molecule has 0 aliphatic heterocycles. The molecule has 0 saturated heterocycles. The summed E-state index contributed by atoms with van der Waals surface area (Å²) in [6.07, 6.45) is 1.54. The van der Waals surface area contributed by atoms with Gasteiger partial charge in [-0.3, -0.25) is 4.90 Å². The minimum Gasteiger partial charge on any atom is -0.507 e. The molecule has 6 nitrogen and oxygen atoms in total. The number of ether oxygens (including phenoxy) is 1. The first kappa shape index (κ1) is 23.7. The Hall–Kier alpha value is -3.48. The zero-order valence-corrected chi connectivity index (χ0v) is 20.3. The molecule has 0 unspecified atom stereocenters. The van der Waals surface area contributed by atoms with Gasteiger partial charge in [-0.15, -0.1) is 0 Å². The zero-order valence-electron chi connectivity index (χ0n) is 19.5. The van der Waals surface area contributed by atoms with Crippen molar-refractivity contribution < 1.29 is 15.1 Å². The van der Waals surface area contributed by atoms with Gasteiger partial charge in [-0.25, -0.2) is 4.99 Å². The molecule has 3 aromatic carbocycles.